The van der Waals surface area contributed by atoms with Crippen molar-refractivity contribution in [1.29, 1.82) is 0 Å². The minimum absolute atomic E-state index is 0.0214. The highest BCUT2D eigenvalue weighted by atomic mass is 19.1. The maximum Gasteiger partial charge on any atom is 0.137 e. The van der Waals surface area contributed by atoms with Crippen LogP contribution in [0.4, 0.5) is 4.39 Å². The second-order valence-corrected chi connectivity index (χ2v) is 3.64. The molecule has 2 aromatic rings. The van der Waals surface area contributed by atoms with Gasteiger partial charge in [0, 0.05) is 17.4 Å². The Morgan fingerprint density at radius 1 is 1.53 bits per heavy atom. The molecule has 0 radical (unpaired) electrons. The number of furan rings is 1. The summed E-state index contributed by atoms with van der Waals surface area (Å²) in [5, 5.41) is 0.739. The summed E-state index contributed by atoms with van der Waals surface area (Å²) in [5.41, 5.74) is 1.42. The zero-order valence-corrected chi connectivity index (χ0v) is 8.37. The van der Waals surface area contributed by atoms with Gasteiger partial charge in [-0.15, -0.1) is 0 Å². The quantitative estimate of drug-likeness (QED) is 0.721. The summed E-state index contributed by atoms with van der Waals surface area (Å²) in [6.07, 6.45) is 2.74. The van der Waals surface area contributed by atoms with Gasteiger partial charge in [-0.3, -0.25) is 0 Å². The fourth-order valence-electron chi connectivity index (χ4n) is 1.71. The molecule has 0 N–H and O–H groups in total. The molecule has 0 saturated carbocycles. The predicted molar refractivity (Wildman–Crippen MR) is 55.3 cm³/mol. The lowest BCUT2D eigenvalue weighted by Crippen LogP contribution is -1.95. The third-order valence-electron chi connectivity index (χ3n) is 2.53. The minimum Gasteiger partial charge on any atom is -0.464 e. The van der Waals surface area contributed by atoms with Gasteiger partial charge < -0.3 is 9.21 Å². The van der Waals surface area contributed by atoms with Crippen molar-refractivity contribution in [1.82, 2.24) is 0 Å². The molecule has 1 aromatic carbocycles. The Morgan fingerprint density at radius 2 is 2.33 bits per heavy atom. The molecule has 1 unspecified atom stereocenters. The molecule has 0 fully saturated rings. The van der Waals surface area contributed by atoms with Crippen molar-refractivity contribution in [3.63, 3.8) is 0 Å². The van der Waals surface area contributed by atoms with Gasteiger partial charge in [0.15, 0.2) is 0 Å². The van der Waals surface area contributed by atoms with E-state index in [4.69, 9.17) is 4.42 Å². The standard InChI is InChI=1S/C12H11FO2/c1-8(2-4-14)11-7-10(13)6-9-3-5-15-12(9)11/h3-8H,2H2,1H3. The summed E-state index contributed by atoms with van der Waals surface area (Å²) >= 11 is 0. The number of aldehydes is 1. The number of rotatable bonds is 3. The summed E-state index contributed by atoms with van der Waals surface area (Å²) in [4.78, 5) is 10.4. The van der Waals surface area contributed by atoms with E-state index in [1.54, 1.807) is 6.07 Å². The van der Waals surface area contributed by atoms with E-state index < -0.39 is 0 Å². The van der Waals surface area contributed by atoms with Crippen LogP contribution in [0.5, 0.6) is 0 Å². The highest BCUT2D eigenvalue weighted by Crippen LogP contribution is 2.28. The molecule has 0 aliphatic carbocycles. The Kier molecular flexibility index (Phi) is 2.54. The number of carbonyl (C=O) groups excluding carboxylic acids is 1. The molecule has 2 rings (SSSR count). The van der Waals surface area contributed by atoms with Gasteiger partial charge in [-0.25, -0.2) is 4.39 Å². The molecule has 0 aliphatic heterocycles. The predicted octanol–water partition coefficient (Wildman–Crippen LogP) is 3.26. The topological polar surface area (TPSA) is 30.2 Å². The van der Waals surface area contributed by atoms with Gasteiger partial charge in [-0.05, 0) is 24.1 Å². The summed E-state index contributed by atoms with van der Waals surface area (Å²) < 4.78 is 18.5. The molecule has 78 valence electrons. The van der Waals surface area contributed by atoms with Gasteiger partial charge in [0.05, 0.1) is 6.26 Å². The lowest BCUT2D eigenvalue weighted by Gasteiger charge is -2.08. The third-order valence-corrected chi connectivity index (χ3v) is 2.53. The van der Waals surface area contributed by atoms with Crippen LogP contribution in [0.1, 0.15) is 24.8 Å². The summed E-state index contributed by atoms with van der Waals surface area (Å²) in [6.45, 7) is 1.88. The summed E-state index contributed by atoms with van der Waals surface area (Å²) in [7, 11) is 0. The lowest BCUT2D eigenvalue weighted by atomic mass is 9.97. The first-order chi connectivity index (χ1) is 7.22. The van der Waals surface area contributed by atoms with Crippen molar-refractivity contribution in [3.8, 4) is 0 Å². The van der Waals surface area contributed by atoms with Crippen molar-refractivity contribution in [2.24, 2.45) is 0 Å². The molecule has 3 heteroatoms. The second-order valence-electron chi connectivity index (χ2n) is 3.64. The molecular weight excluding hydrogens is 195 g/mol. The van der Waals surface area contributed by atoms with Crippen LogP contribution in [0.3, 0.4) is 0 Å². The normalized spacial score (nSPS) is 12.9. The zero-order valence-electron chi connectivity index (χ0n) is 8.37. The van der Waals surface area contributed by atoms with Crippen LogP contribution in [0.15, 0.2) is 28.9 Å². The van der Waals surface area contributed by atoms with E-state index in [2.05, 4.69) is 0 Å². The molecule has 0 aliphatic rings. The number of fused-ring (bicyclic) bond motifs is 1. The van der Waals surface area contributed by atoms with Crippen LogP contribution >= 0.6 is 0 Å². The van der Waals surface area contributed by atoms with E-state index in [1.807, 2.05) is 6.92 Å². The van der Waals surface area contributed by atoms with Gasteiger partial charge in [-0.1, -0.05) is 6.92 Å². The van der Waals surface area contributed by atoms with Crippen LogP contribution in [0.2, 0.25) is 0 Å². The highest BCUT2D eigenvalue weighted by molar-refractivity contribution is 5.81. The highest BCUT2D eigenvalue weighted by Gasteiger charge is 2.13. The van der Waals surface area contributed by atoms with Gasteiger partial charge >= 0.3 is 0 Å². The molecule has 0 spiro atoms. The van der Waals surface area contributed by atoms with E-state index in [1.165, 1.54) is 18.4 Å². The first-order valence-electron chi connectivity index (χ1n) is 4.82. The molecule has 1 aromatic heterocycles. The fourth-order valence-corrected chi connectivity index (χ4v) is 1.71. The van der Waals surface area contributed by atoms with Crippen LogP contribution in [-0.4, -0.2) is 6.29 Å². The number of benzene rings is 1. The van der Waals surface area contributed by atoms with Crippen molar-refractivity contribution in [3.05, 3.63) is 35.8 Å². The van der Waals surface area contributed by atoms with E-state index >= 15 is 0 Å². The number of hydrogen-bond acceptors (Lipinski definition) is 2. The Bertz CT molecular complexity index is 487. The monoisotopic (exact) mass is 206 g/mol. The Balaban J connectivity index is 2.57. The van der Waals surface area contributed by atoms with E-state index in [-0.39, 0.29) is 11.7 Å². The lowest BCUT2D eigenvalue weighted by molar-refractivity contribution is -0.108. The zero-order chi connectivity index (χ0) is 10.8. The number of halogens is 1. The smallest absolute Gasteiger partial charge is 0.137 e. The molecule has 0 bridgehead atoms. The average molecular weight is 206 g/mol. The minimum atomic E-state index is -0.295. The van der Waals surface area contributed by atoms with Gasteiger partial charge in [0.2, 0.25) is 0 Å². The Morgan fingerprint density at radius 3 is 3.07 bits per heavy atom. The van der Waals surface area contributed by atoms with Crippen molar-refractivity contribution >= 4 is 17.3 Å². The summed E-state index contributed by atoms with van der Waals surface area (Å²) in [5.74, 6) is -0.316. The van der Waals surface area contributed by atoms with Crippen molar-refractivity contribution < 1.29 is 13.6 Å². The molecule has 15 heavy (non-hydrogen) atoms. The molecule has 0 amide bonds. The molecular formula is C12H11FO2. The molecule has 1 heterocycles. The Labute approximate surface area is 86.7 Å². The van der Waals surface area contributed by atoms with Crippen LogP contribution in [0.25, 0.3) is 11.0 Å². The maximum absolute atomic E-state index is 13.2. The Hall–Kier alpha value is -1.64. The SMILES string of the molecule is CC(CC=O)c1cc(F)cc2ccoc12. The van der Waals surface area contributed by atoms with Gasteiger partial charge in [-0.2, -0.15) is 0 Å². The van der Waals surface area contributed by atoms with Crippen LogP contribution in [-0.2, 0) is 4.79 Å². The number of hydrogen-bond donors (Lipinski definition) is 0. The number of carbonyl (C=O) groups is 1. The molecule has 0 saturated heterocycles. The fraction of sp³-hybridized carbons (Fsp3) is 0.250. The van der Waals surface area contributed by atoms with Crippen LogP contribution in [0, 0.1) is 5.82 Å². The van der Waals surface area contributed by atoms with Gasteiger partial charge in [0.25, 0.3) is 0 Å². The molecule has 1 atom stereocenters. The second kappa shape index (κ2) is 3.85. The van der Waals surface area contributed by atoms with Crippen molar-refractivity contribution in [2.75, 3.05) is 0 Å². The van der Waals surface area contributed by atoms with Crippen molar-refractivity contribution in [2.45, 2.75) is 19.3 Å². The first-order valence-corrected chi connectivity index (χ1v) is 4.82. The van der Waals surface area contributed by atoms with E-state index in [0.717, 1.165) is 17.2 Å². The van der Waals surface area contributed by atoms with E-state index in [9.17, 15) is 9.18 Å². The maximum atomic E-state index is 13.2. The van der Waals surface area contributed by atoms with Crippen LogP contribution < -0.4 is 0 Å². The molecule has 2 nitrogen and oxygen atoms in total. The first kappa shape index (κ1) is 9.90. The third kappa shape index (κ3) is 1.77. The summed E-state index contributed by atoms with van der Waals surface area (Å²) in [6, 6.07) is 4.57. The largest absolute Gasteiger partial charge is 0.464 e. The average Bonchev–Trinajstić information content (AvgIpc) is 2.64. The van der Waals surface area contributed by atoms with Gasteiger partial charge in [0.1, 0.15) is 17.7 Å². The van der Waals surface area contributed by atoms with E-state index in [0.29, 0.717) is 12.0 Å².